The largest absolute Gasteiger partial charge is 0.371 e. The molecule has 0 radical (unpaired) electrons. The number of benzene rings is 1. The van der Waals surface area contributed by atoms with Gasteiger partial charge in [-0.1, -0.05) is 49.9 Å². The van der Waals surface area contributed by atoms with E-state index in [9.17, 15) is 0 Å². The Labute approximate surface area is 116 Å². The number of morpholine rings is 1. The highest BCUT2D eigenvalue weighted by Crippen LogP contribution is 2.36. The van der Waals surface area contributed by atoms with Crippen molar-refractivity contribution in [3.63, 3.8) is 0 Å². The fourth-order valence-corrected chi connectivity index (χ4v) is 3.53. The quantitative estimate of drug-likeness (QED) is 0.816. The lowest BCUT2D eigenvalue weighted by Gasteiger charge is -2.28. The van der Waals surface area contributed by atoms with Crippen LogP contribution >= 0.6 is 0 Å². The number of hydrogen-bond donors (Lipinski definition) is 1. The molecule has 1 saturated heterocycles. The van der Waals surface area contributed by atoms with Crippen molar-refractivity contribution in [1.29, 1.82) is 0 Å². The van der Waals surface area contributed by atoms with E-state index in [1.807, 2.05) is 0 Å². The maximum Gasteiger partial charge on any atom is 0.0952 e. The second-order valence-electron chi connectivity index (χ2n) is 5.88. The van der Waals surface area contributed by atoms with Gasteiger partial charge < -0.3 is 10.1 Å². The molecular formula is C17H25NO. The van der Waals surface area contributed by atoms with Gasteiger partial charge in [0, 0.05) is 13.1 Å². The van der Waals surface area contributed by atoms with E-state index in [0.29, 0.717) is 0 Å². The summed E-state index contributed by atoms with van der Waals surface area (Å²) in [5.41, 5.74) is 2.99. The zero-order valence-corrected chi connectivity index (χ0v) is 11.7. The van der Waals surface area contributed by atoms with Gasteiger partial charge in [-0.3, -0.25) is 0 Å². The minimum absolute atomic E-state index is 0.258. The van der Waals surface area contributed by atoms with Gasteiger partial charge in [0.25, 0.3) is 0 Å². The summed E-state index contributed by atoms with van der Waals surface area (Å²) in [6, 6.07) is 8.97. The molecular weight excluding hydrogens is 234 g/mol. The molecule has 2 fully saturated rings. The smallest absolute Gasteiger partial charge is 0.0952 e. The van der Waals surface area contributed by atoms with Crippen molar-refractivity contribution >= 4 is 0 Å². The van der Waals surface area contributed by atoms with Gasteiger partial charge in [0.05, 0.1) is 12.7 Å². The van der Waals surface area contributed by atoms with Crippen LogP contribution < -0.4 is 5.32 Å². The van der Waals surface area contributed by atoms with Crippen molar-refractivity contribution in [2.24, 2.45) is 0 Å². The van der Waals surface area contributed by atoms with Crippen molar-refractivity contribution in [3.8, 4) is 0 Å². The molecule has 0 amide bonds. The molecule has 0 spiro atoms. The summed E-state index contributed by atoms with van der Waals surface area (Å²) in [7, 11) is 0. The van der Waals surface area contributed by atoms with Crippen LogP contribution in [0.3, 0.4) is 0 Å². The molecule has 0 aromatic heterocycles. The highest BCUT2D eigenvalue weighted by Gasteiger charge is 2.23. The fraction of sp³-hybridized carbons (Fsp3) is 0.647. The first kappa shape index (κ1) is 13.1. The lowest BCUT2D eigenvalue weighted by Crippen LogP contribution is -2.34. The Morgan fingerprint density at radius 3 is 2.37 bits per heavy atom. The van der Waals surface area contributed by atoms with Gasteiger partial charge in [-0.25, -0.2) is 0 Å². The maximum atomic E-state index is 5.96. The third-order valence-electron chi connectivity index (χ3n) is 4.57. The van der Waals surface area contributed by atoms with Crippen LogP contribution in [0.2, 0.25) is 0 Å². The second-order valence-corrected chi connectivity index (χ2v) is 5.88. The first-order chi connectivity index (χ1) is 9.45. The van der Waals surface area contributed by atoms with Gasteiger partial charge in [-0.15, -0.1) is 0 Å². The molecule has 1 heterocycles. The van der Waals surface area contributed by atoms with Crippen LogP contribution in [0.1, 0.15) is 61.7 Å². The Hall–Kier alpha value is -0.860. The number of hydrogen-bond acceptors (Lipinski definition) is 2. The standard InChI is InChI=1S/C17H25NO/c1-2-4-8-14(7-3-1)15-9-5-6-10-16(15)17-13-18-11-12-19-17/h5-6,9-10,14,17-18H,1-4,7-8,11-13H2. The summed E-state index contributed by atoms with van der Waals surface area (Å²) >= 11 is 0. The lowest BCUT2D eigenvalue weighted by atomic mass is 9.86. The van der Waals surface area contributed by atoms with Crippen LogP contribution in [0.15, 0.2) is 24.3 Å². The van der Waals surface area contributed by atoms with Crippen LogP contribution in [0.4, 0.5) is 0 Å². The molecule has 2 nitrogen and oxygen atoms in total. The zero-order chi connectivity index (χ0) is 12.9. The van der Waals surface area contributed by atoms with Crippen LogP contribution in [0.25, 0.3) is 0 Å². The highest BCUT2D eigenvalue weighted by atomic mass is 16.5. The maximum absolute atomic E-state index is 5.96. The molecule has 1 aliphatic heterocycles. The van der Waals surface area contributed by atoms with Gasteiger partial charge in [0.1, 0.15) is 0 Å². The predicted molar refractivity (Wildman–Crippen MR) is 78.4 cm³/mol. The summed E-state index contributed by atoms with van der Waals surface area (Å²) < 4.78 is 5.96. The van der Waals surface area contributed by atoms with Crippen LogP contribution in [0, 0.1) is 0 Å². The van der Waals surface area contributed by atoms with E-state index in [2.05, 4.69) is 29.6 Å². The van der Waals surface area contributed by atoms with E-state index < -0.39 is 0 Å². The number of nitrogens with one attached hydrogen (secondary N) is 1. The topological polar surface area (TPSA) is 21.3 Å². The summed E-state index contributed by atoms with van der Waals surface area (Å²) in [5.74, 6) is 0.754. The Bertz CT molecular complexity index is 390. The van der Waals surface area contributed by atoms with Crippen molar-refractivity contribution in [3.05, 3.63) is 35.4 Å². The molecule has 1 aliphatic carbocycles. The average Bonchev–Trinajstić information content (AvgIpc) is 2.77. The van der Waals surface area contributed by atoms with Crippen LogP contribution in [-0.4, -0.2) is 19.7 Å². The first-order valence-electron chi connectivity index (χ1n) is 7.86. The molecule has 1 saturated carbocycles. The average molecular weight is 259 g/mol. The summed E-state index contributed by atoms with van der Waals surface area (Å²) in [4.78, 5) is 0. The first-order valence-corrected chi connectivity index (χ1v) is 7.86. The van der Waals surface area contributed by atoms with Gasteiger partial charge >= 0.3 is 0 Å². The third-order valence-corrected chi connectivity index (χ3v) is 4.57. The molecule has 2 aliphatic rings. The van der Waals surface area contributed by atoms with Crippen molar-refractivity contribution < 1.29 is 4.74 Å². The normalized spacial score (nSPS) is 26.0. The molecule has 1 atom stereocenters. The molecule has 2 heteroatoms. The SMILES string of the molecule is c1ccc(C2CNCCO2)c(C2CCCCCC2)c1. The fourth-order valence-electron chi connectivity index (χ4n) is 3.53. The highest BCUT2D eigenvalue weighted by molar-refractivity contribution is 5.33. The molecule has 1 N–H and O–H groups in total. The number of rotatable bonds is 2. The van der Waals surface area contributed by atoms with E-state index >= 15 is 0 Å². The molecule has 104 valence electrons. The van der Waals surface area contributed by atoms with E-state index in [0.717, 1.165) is 25.6 Å². The third kappa shape index (κ3) is 3.18. The van der Waals surface area contributed by atoms with Gasteiger partial charge in [0.2, 0.25) is 0 Å². The summed E-state index contributed by atoms with van der Waals surface area (Å²) in [6.45, 7) is 2.79. The monoisotopic (exact) mass is 259 g/mol. The summed E-state index contributed by atoms with van der Waals surface area (Å²) in [5, 5.41) is 3.45. The van der Waals surface area contributed by atoms with Crippen molar-refractivity contribution in [2.75, 3.05) is 19.7 Å². The predicted octanol–water partition coefficient (Wildman–Crippen LogP) is 3.79. The molecule has 3 rings (SSSR count). The van der Waals surface area contributed by atoms with Crippen LogP contribution in [0.5, 0.6) is 0 Å². The van der Waals surface area contributed by atoms with Gasteiger partial charge in [0.15, 0.2) is 0 Å². The van der Waals surface area contributed by atoms with Gasteiger partial charge in [-0.05, 0) is 29.9 Å². The van der Waals surface area contributed by atoms with Crippen molar-refractivity contribution in [2.45, 2.75) is 50.5 Å². The Kier molecular flexibility index (Phi) is 4.52. The Morgan fingerprint density at radius 2 is 1.68 bits per heavy atom. The second kappa shape index (κ2) is 6.53. The lowest BCUT2D eigenvalue weighted by molar-refractivity contribution is 0.0269. The van der Waals surface area contributed by atoms with E-state index in [-0.39, 0.29) is 6.10 Å². The minimum Gasteiger partial charge on any atom is -0.371 e. The molecule has 1 aromatic carbocycles. The molecule has 1 aromatic rings. The van der Waals surface area contributed by atoms with E-state index in [1.165, 1.54) is 44.1 Å². The van der Waals surface area contributed by atoms with E-state index in [1.54, 1.807) is 5.56 Å². The molecule has 1 unspecified atom stereocenters. The molecule has 0 bridgehead atoms. The Balaban J connectivity index is 1.83. The van der Waals surface area contributed by atoms with Crippen LogP contribution in [-0.2, 0) is 4.74 Å². The van der Waals surface area contributed by atoms with E-state index in [4.69, 9.17) is 4.74 Å². The zero-order valence-electron chi connectivity index (χ0n) is 11.7. The van der Waals surface area contributed by atoms with Gasteiger partial charge in [-0.2, -0.15) is 0 Å². The Morgan fingerprint density at radius 1 is 0.947 bits per heavy atom. The number of ether oxygens (including phenoxy) is 1. The minimum atomic E-state index is 0.258. The van der Waals surface area contributed by atoms with Crippen molar-refractivity contribution in [1.82, 2.24) is 5.32 Å². The molecule has 19 heavy (non-hydrogen) atoms. The summed E-state index contributed by atoms with van der Waals surface area (Å²) in [6.07, 6.45) is 8.59.